The van der Waals surface area contributed by atoms with Crippen LogP contribution in [0.1, 0.15) is 52.8 Å². The van der Waals surface area contributed by atoms with Gasteiger partial charge in [0.15, 0.2) is 0 Å². The van der Waals surface area contributed by atoms with Gasteiger partial charge in [0.1, 0.15) is 6.10 Å². The minimum Gasteiger partial charge on any atom is -0.478 e. The first-order valence-electron chi connectivity index (χ1n) is 5.75. The predicted octanol–water partition coefficient (Wildman–Crippen LogP) is 3.28. The molecule has 6 heteroatoms. The molecular formula is C13H15NO3S2. The maximum Gasteiger partial charge on any atom is 0.336 e. The Balaban J connectivity index is 2.34. The summed E-state index contributed by atoms with van der Waals surface area (Å²) in [5.41, 5.74) is 0.580. The molecule has 0 radical (unpaired) electrons. The summed E-state index contributed by atoms with van der Waals surface area (Å²) in [5, 5.41) is 23.7. The number of carboxylic acids is 1. The van der Waals surface area contributed by atoms with Crippen LogP contribution in [0.3, 0.4) is 0 Å². The third-order valence-electron chi connectivity index (χ3n) is 2.62. The van der Waals surface area contributed by atoms with Crippen LogP contribution in [0, 0.1) is 0 Å². The summed E-state index contributed by atoms with van der Waals surface area (Å²) in [7, 11) is 0. The molecule has 19 heavy (non-hydrogen) atoms. The van der Waals surface area contributed by atoms with E-state index in [-0.39, 0.29) is 11.0 Å². The molecule has 1 unspecified atom stereocenters. The zero-order valence-corrected chi connectivity index (χ0v) is 12.5. The SMILES string of the molecule is CC(C)(C)c1nc(C(O)c2sccc2C(=O)O)cs1. The van der Waals surface area contributed by atoms with Gasteiger partial charge in [-0.25, -0.2) is 9.78 Å². The molecule has 102 valence electrons. The highest BCUT2D eigenvalue weighted by Gasteiger charge is 2.24. The monoisotopic (exact) mass is 297 g/mol. The number of rotatable bonds is 3. The van der Waals surface area contributed by atoms with Crippen LogP contribution in [-0.4, -0.2) is 21.2 Å². The molecule has 2 aromatic heterocycles. The molecule has 4 nitrogen and oxygen atoms in total. The second-order valence-corrected chi connectivity index (χ2v) is 7.04. The van der Waals surface area contributed by atoms with Crippen LogP contribution >= 0.6 is 22.7 Å². The number of carboxylic acid groups (broad SMARTS) is 1. The maximum atomic E-state index is 11.1. The van der Waals surface area contributed by atoms with Crippen molar-refractivity contribution in [1.29, 1.82) is 0 Å². The second kappa shape index (κ2) is 5.03. The Morgan fingerprint density at radius 2 is 2.05 bits per heavy atom. The van der Waals surface area contributed by atoms with E-state index in [1.807, 2.05) is 0 Å². The summed E-state index contributed by atoms with van der Waals surface area (Å²) in [6.45, 7) is 6.15. The Hall–Kier alpha value is -1.24. The number of hydrogen-bond acceptors (Lipinski definition) is 5. The summed E-state index contributed by atoms with van der Waals surface area (Å²) >= 11 is 2.71. The molecule has 0 fully saturated rings. The molecule has 1 atom stereocenters. The van der Waals surface area contributed by atoms with Gasteiger partial charge in [-0.1, -0.05) is 20.8 Å². The molecule has 0 aliphatic rings. The van der Waals surface area contributed by atoms with E-state index in [2.05, 4.69) is 25.8 Å². The lowest BCUT2D eigenvalue weighted by Gasteiger charge is -2.14. The molecule has 0 aromatic carbocycles. The van der Waals surface area contributed by atoms with E-state index in [9.17, 15) is 9.90 Å². The molecule has 0 aliphatic carbocycles. The van der Waals surface area contributed by atoms with Gasteiger partial charge in [0.2, 0.25) is 0 Å². The Bertz CT molecular complexity index is 595. The number of thiophene rings is 1. The highest BCUT2D eigenvalue weighted by atomic mass is 32.1. The summed E-state index contributed by atoms with van der Waals surface area (Å²) in [5.74, 6) is -1.03. The molecule has 2 aromatic rings. The zero-order valence-electron chi connectivity index (χ0n) is 10.9. The molecule has 0 saturated heterocycles. The Morgan fingerprint density at radius 3 is 2.58 bits per heavy atom. The van der Waals surface area contributed by atoms with Crippen molar-refractivity contribution in [3.63, 3.8) is 0 Å². The first-order valence-corrected chi connectivity index (χ1v) is 7.51. The van der Waals surface area contributed by atoms with Gasteiger partial charge >= 0.3 is 5.97 Å². The lowest BCUT2D eigenvalue weighted by atomic mass is 9.98. The van der Waals surface area contributed by atoms with Crippen LogP contribution in [-0.2, 0) is 5.41 Å². The van der Waals surface area contributed by atoms with E-state index >= 15 is 0 Å². The van der Waals surface area contributed by atoms with Crippen LogP contribution in [0.25, 0.3) is 0 Å². The third-order valence-corrected chi connectivity index (χ3v) is 4.87. The molecular weight excluding hydrogens is 282 g/mol. The fourth-order valence-corrected chi connectivity index (χ4v) is 3.41. The van der Waals surface area contributed by atoms with Crippen molar-refractivity contribution < 1.29 is 15.0 Å². The number of aromatic nitrogens is 1. The predicted molar refractivity (Wildman–Crippen MR) is 76.2 cm³/mol. The minimum absolute atomic E-state index is 0.0757. The lowest BCUT2D eigenvalue weighted by molar-refractivity contribution is 0.0692. The topological polar surface area (TPSA) is 70.4 Å². The maximum absolute atomic E-state index is 11.1. The first-order chi connectivity index (χ1) is 8.80. The smallest absolute Gasteiger partial charge is 0.336 e. The van der Waals surface area contributed by atoms with Crippen LogP contribution in [0.5, 0.6) is 0 Å². The largest absolute Gasteiger partial charge is 0.478 e. The highest BCUT2D eigenvalue weighted by molar-refractivity contribution is 7.10. The quantitative estimate of drug-likeness (QED) is 0.912. The summed E-state index contributed by atoms with van der Waals surface area (Å²) in [6, 6.07) is 1.50. The number of thiazole rings is 1. The van der Waals surface area contributed by atoms with Gasteiger partial charge < -0.3 is 10.2 Å². The molecule has 0 spiro atoms. The number of nitrogens with zero attached hydrogens (tertiary/aromatic N) is 1. The molecule has 0 bridgehead atoms. The minimum atomic E-state index is -1.03. The Labute approximate surface area is 119 Å². The van der Waals surface area contributed by atoms with Gasteiger partial charge in [0, 0.05) is 10.8 Å². The Kier molecular flexibility index (Phi) is 3.75. The van der Waals surface area contributed by atoms with Crippen molar-refractivity contribution in [2.75, 3.05) is 0 Å². The zero-order chi connectivity index (χ0) is 14.2. The van der Waals surface area contributed by atoms with Crippen molar-refractivity contribution in [3.05, 3.63) is 38.0 Å². The van der Waals surface area contributed by atoms with Gasteiger partial charge in [0.25, 0.3) is 0 Å². The van der Waals surface area contributed by atoms with Crippen molar-refractivity contribution in [2.24, 2.45) is 0 Å². The fourth-order valence-electron chi connectivity index (χ4n) is 1.60. The van der Waals surface area contributed by atoms with E-state index in [0.29, 0.717) is 10.6 Å². The van der Waals surface area contributed by atoms with Gasteiger partial charge in [-0.3, -0.25) is 0 Å². The van der Waals surface area contributed by atoms with Gasteiger partial charge in [-0.05, 0) is 11.4 Å². The van der Waals surface area contributed by atoms with Crippen molar-refractivity contribution in [2.45, 2.75) is 32.3 Å². The number of hydrogen-bond donors (Lipinski definition) is 2. The average Bonchev–Trinajstić information content (AvgIpc) is 2.96. The van der Waals surface area contributed by atoms with Crippen LogP contribution in [0.15, 0.2) is 16.8 Å². The van der Waals surface area contributed by atoms with Crippen molar-refractivity contribution in [1.82, 2.24) is 4.98 Å². The van der Waals surface area contributed by atoms with Crippen LogP contribution < -0.4 is 0 Å². The summed E-state index contributed by atoms with van der Waals surface area (Å²) < 4.78 is 0. The van der Waals surface area contributed by atoms with Crippen LogP contribution in [0.2, 0.25) is 0 Å². The van der Waals surface area contributed by atoms with Crippen molar-refractivity contribution in [3.8, 4) is 0 Å². The third kappa shape index (κ3) is 2.86. The lowest BCUT2D eigenvalue weighted by Crippen LogP contribution is -2.11. The van der Waals surface area contributed by atoms with Gasteiger partial charge in [-0.2, -0.15) is 0 Å². The highest BCUT2D eigenvalue weighted by Crippen LogP contribution is 2.33. The summed E-state index contributed by atoms with van der Waals surface area (Å²) in [6.07, 6.45) is -0.974. The molecule has 2 rings (SSSR count). The van der Waals surface area contributed by atoms with E-state index < -0.39 is 12.1 Å². The van der Waals surface area contributed by atoms with Gasteiger partial charge in [-0.15, -0.1) is 22.7 Å². The van der Waals surface area contributed by atoms with E-state index in [4.69, 9.17) is 5.11 Å². The normalized spacial score (nSPS) is 13.5. The molecule has 0 saturated carbocycles. The second-order valence-electron chi connectivity index (χ2n) is 5.23. The number of aliphatic hydroxyl groups excluding tert-OH is 1. The Morgan fingerprint density at radius 1 is 1.37 bits per heavy atom. The standard InChI is InChI=1S/C13H15NO3S2/c1-13(2,3)12-14-8(6-19-12)9(15)10-7(11(16)17)4-5-18-10/h4-6,9,15H,1-3H3,(H,16,17). The van der Waals surface area contributed by atoms with Crippen molar-refractivity contribution >= 4 is 28.6 Å². The van der Waals surface area contributed by atoms with E-state index in [0.717, 1.165) is 5.01 Å². The molecule has 2 N–H and O–H groups in total. The molecule has 0 aliphatic heterocycles. The first kappa shape index (κ1) is 14.2. The summed E-state index contributed by atoms with van der Waals surface area (Å²) in [4.78, 5) is 15.9. The van der Waals surface area contributed by atoms with E-state index in [1.165, 1.54) is 28.7 Å². The molecule has 0 amide bonds. The van der Waals surface area contributed by atoms with Gasteiger partial charge in [0.05, 0.1) is 21.1 Å². The number of aromatic carboxylic acids is 1. The fraction of sp³-hybridized carbons (Fsp3) is 0.385. The number of aliphatic hydroxyl groups is 1. The van der Waals surface area contributed by atoms with Crippen LogP contribution in [0.4, 0.5) is 0 Å². The average molecular weight is 297 g/mol. The number of carbonyl (C=O) groups is 1. The molecule has 2 heterocycles. The van der Waals surface area contributed by atoms with E-state index in [1.54, 1.807) is 10.8 Å².